The van der Waals surface area contributed by atoms with E-state index >= 15 is 0 Å². The Morgan fingerprint density at radius 3 is 2.35 bits per heavy atom. The summed E-state index contributed by atoms with van der Waals surface area (Å²) in [6.07, 6.45) is 10.5. The molecule has 3 fully saturated rings. The summed E-state index contributed by atoms with van der Waals surface area (Å²) in [6, 6.07) is 7.56. The Labute approximate surface area is 403 Å². The molecule has 0 saturated carbocycles. The molecule has 3 aliphatic heterocycles. The molecule has 4 atom stereocenters. The normalized spacial score (nSPS) is 18.6. The van der Waals surface area contributed by atoms with Gasteiger partial charge in [-0.25, -0.2) is 9.78 Å². The van der Waals surface area contributed by atoms with Crippen molar-refractivity contribution in [2.45, 2.75) is 94.1 Å². The van der Waals surface area contributed by atoms with Crippen molar-refractivity contribution in [2.24, 2.45) is 0 Å². The van der Waals surface area contributed by atoms with Crippen LogP contribution in [0.1, 0.15) is 70.6 Å². The van der Waals surface area contributed by atoms with Gasteiger partial charge in [-0.3, -0.25) is 14.4 Å². The molecule has 19 nitrogen and oxygen atoms in total. The van der Waals surface area contributed by atoms with Gasteiger partial charge in [0.25, 0.3) is 5.88 Å². The minimum absolute atomic E-state index is 0.00215. The van der Waals surface area contributed by atoms with Gasteiger partial charge >= 0.3 is 6.03 Å². The van der Waals surface area contributed by atoms with Crippen LogP contribution in [0.4, 0.5) is 20.8 Å². The fraction of sp³-hybridized carbons (Fsp3) is 0.660. The van der Waals surface area contributed by atoms with Gasteiger partial charge in [0.1, 0.15) is 18.5 Å². The highest BCUT2D eigenvalue weighted by Gasteiger charge is 2.42. The van der Waals surface area contributed by atoms with Gasteiger partial charge in [-0.2, -0.15) is 21.1 Å². The van der Waals surface area contributed by atoms with E-state index in [9.17, 15) is 23.6 Å². The van der Waals surface area contributed by atoms with Gasteiger partial charge in [-0.15, -0.1) is 0 Å². The van der Waals surface area contributed by atoms with Crippen molar-refractivity contribution < 1.29 is 52.0 Å². The third kappa shape index (κ3) is 21.2. The Bertz CT molecular complexity index is 1840. The van der Waals surface area contributed by atoms with E-state index in [-0.39, 0.29) is 47.7 Å². The molecular weight excluding hydrogens is 902 g/mol. The van der Waals surface area contributed by atoms with Crippen LogP contribution in [0, 0.1) is 5.82 Å². The van der Waals surface area contributed by atoms with Crippen molar-refractivity contribution in [3.63, 3.8) is 0 Å². The van der Waals surface area contributed by atoms with Crippen molar-refractivity contribution in [1.29, 1.82) is 0 Å². The molecule has 378 valence electrons. The van der Waals surface area contributed by atoms with Gasteiger partial charge in [-0.1, -0.05) is 19.1 Å². The van der Waals surface area contributed by atoms with Gasteiger partial charge in [0.2, 0.25) is 29.5 Å². The number of thioether (sulfide) groups is 1. The highest BCUT2D eigenvalue weighted by atomic mass is 32.2. The number of halogens is 1. The number of benzene rings is 1. The first kappa shape index (κ1) is 54.1. The summed E-state index contributed by atoms with van der Waals surface area (Å²) in [4.78, 5) is 57.7. The van der Waals surface area contributed by atoms with E-state index in [1.54, 1.807) is 29.2 Å². The van der Waals surface area contributed by atoms with Crippen LogP contribution >= 0.6 is 11.8 Å². The molecular formula is C47H72FN9O10S. The topological polar surface area (TPSA) is 225 Å². The van der Waals surface area contributed by atoms with E-state index in [0.717, 1.165) is 76.4 Å². The molecule has 0 spiro atoms. The van der Waals surface area contributed by atoms with Gasteiger partial charge in [0, 0.05) is 68.4 Å². The first-order valence-electron chi connectivity index (χ1n) is 24.1. The van der Waals surface area contributed by atoms with Crippen LogP contribution in [0.2, 0.25) is 0 Å². The number of aromatic nitrogens is 2. The average molecular weight is 974 g/mol. The monoisotopic (exact) mass is 974 g/mol. The summed E-state index contributed by atoms with van der Waals surface area (Å²) in [6.45, 7) is 11.4. The Hall–Kier alpha value is -4.80. The maximum Gasteiger partial charge on any atom is 0.315 e. The maximum atomic E-state index is 14.5. The molecule has 5 rings (SSSR count). The van der Waals surface area contributed by atoms with Crippen molar-refractivity contribution in [3.8, 4) is 11.6 Å². The van der Waals surface area contributed by atoms with Gasteiger partial charge < -0.3 is 65.2 Å². The van der Waals surface area contributed by atoms with E-state index in [1.807, 2.05) is 11.8 Å². The standard InChI is InChI=1S/C47H72FN9O10S/c1-2-43(60)57-21-8-13-37(33-57)67-45-38(48)32-52-46(56-45)53-35-11-7-12-36(31-35)66-30-29-64-24-20-51-42(59)16-5-6-17-49-18-9-22-62-25-27-65-28-26-63-23-10-19-50-41(58)15-4-3-14-40-44-39(34-68-40)54-47(61)55-44/h2,7,11-12,31-32,37,39-40,44,49H,1,3-6,8-10,13-30,33-34H2,(H,50,58)(H,51,59)(H,52,53,56)(H2,54,55,61)/t37-,39-,40-,44-/m0/s1. The molecule has 3 saturated heterocycles. The zero-order valence-electron chi connectivity index (χ0n) is 39.3. The molecule has 0 aliphatic carbocycles. The molecule has 5 amide bonds. The fourth-order valence-electron chi connectivity index (χ4n) is 7.75. The first-order chi connectivity index (χ1) is 33.3. The molecule has 3 aliphatic rings. The van der Waals surface area contributed by atoms with E-state index in [2.05, 4.69) is 48.4 Å². The van der Waals surface area contributed by atoms with E-state index < -0.39 is 11.9 Å². The van der Waals surface area contributed by atoms with Crippen LogP contribution in [0.25, 0.3) is 0 Å². The second kappa shape index (κ2) is 32.1. The van der Waals surface area contributed by atoms with E-state index in [4.69, 9.17) is 28.4 Å². The Kier molecular flexibility index (Phi) is 25.6. The number of unbranched alkanes of at least 4 members (excludes halogenated alkanes) is 2. The molecule has 4 heterocycles. The predicted molar refractivity (Wildman–Crippen MR) is 257 cm³/mol. The van der Waals surface area contributed by atoms with Crippen LogP contribution in [0.15, 0.2) is 43.1 Å². The highest BCUT2D eigenvalue weighted by molar-refractivity contribution is 8.00. The van der Waals surface area contributed by atoms with E-state index in [0.29, 0.717) is 122 Å². The summed E-state index contributed by atoms with van der Waals surface area (Å²) < 4.78 is 48.6. The molecule has 0 radical (unpaired) electrons. The zero-order valence-corrected chi connectivity index (χ0v) is 40.1. The molecule has 68 heavy (non-hydrogen) atoms. The number of nitrogens with zero attached hydrogens (tertiary/aromatic N) is 3. The lowest BCUT2D eigenvalue weighted by molar-refractivity contribution is -0.128. The Balaban J connectivity index is 0.737. The summed E-state index contributed by atoms with van der Waals surface area (Å²) >= 11 is 1.90. The predicted octanol–water partition coefficient (Wildman–Crippen LogP) is 3.86. The smallest absolute Gasteiger partial charge is 0.315 e. The number of hydrogen-bond donors (Lipinski definition) is 6. The molecule has 2 aromatic rings. The number of ether oxygens (including phenoxy) is 6. The van der Waals surface area contributed by atoms with Crippen molar-refractivity contribution in [3.05, 3.63) is 48.9 Å². The van der Waals surface area contributed by atoms with Crippen LogP contribution in [-0.2, 0) is 33.3 Å². The number of amides is 5. The number of piperidine rings is 1. The van der Waals surface area contributed by atoms with Gasteiger partial charge in [-0.05, 0) is 82.7 Å². The highest BCUT2D eigenvalue weighted by Crippen LogP contribution is 2.33. The maximum absolute atomic E-state index is 14.5. The molecule has 1 aromatic heterocycles. The number of rotatable bonds is 36. The van der Waals surface area contributed by atoms with E-state index in [1.165, 1.54) is 6.08 Å². The van der Waals surface area contributed by atoms with Crippen molar-refractivity contribution in [2.75, 3.05) is 110 Å². The lowest BCUT2D eigenvalue weighted by Crippen LogP contribution is -2.43. The minimum atomic E-state index is -0.693. The van der Waals surface area contributed by atoms with Crippen molar-refractivity contribution in [1.82, 2.24) is 41.5 Å². The molecule has 0 unspecified atom stereocenters. The van der Waals surface area contributed by atoms with Gasteiger partial charge in [0.05, 0.1) is 64.5 Å². The SMILES string of the molecule is C=CC(=O)N1CCC[C@H](Oc2nc(Nc3cccc(OCCOCCNC(=O)CCCCNCCCOCCOCCOCCCNC(=O)CCCC[C@@H]4SC[C@@H]5NC(=O)N[C@@H]54)c3)ncc2F)C1. The fourth-order valence-corrected chi connectivity index (χ4v) is 9.29. The molecule has 21 heteroatoms. The second-order valence-electron chi connectivity index (χ2n) is 16.6. The number of urea groups is 1. The van der Waals surface area contributed by atoms with Crippen LogP contribution in [-0.4, -0.2) is 167 Å². The first-order valence-corrected chi connectivity index (χ1v) is 25.2. The van der Waals surface area contributed by atoms with Crippen molar-refractivity contribution >= 4 is 47.2 Å². The quantitative estimate of drug-likeness (QED) is 0.0324. The number of hydrogen-bond acceptors (Lipinski definition) is 15. The van der Waals surface area contributed by atoms with Gasteiger partial charge in [0.15, 0.2) is 0 Å². The number of anilines is 2. The Morgan fingerprint density at radius 1 is 0.853 bits per heavy atom. The summed E-state index contributed by atoms with van der Waals surface area (Å²) in [5, 5.41) is 18.7. The second-order valence-corrected chi connectivity index (χ2v) is 17.9. The lowest BCUT2D eigenvalue weighted by atomic mass is 10.0. The van der Waals surface area contributed by atoms with Crippen LogP contribution in [0.5, 0.6) is 11.6 Å². The summed E-state index contributed by atoms with van der Waals surface area (Å²) in [5.41, 5.74) is 0.632. The zero-order chi connectivity index (χ0) is 48.0. The minimum Gasteiger partial charge on any atom is -0.491 e. The Morgan fingerprint density at radius 2 is 1.56 bits per heavy atom. The largest absolute Gasteiger partial charge is 0.491 e. The summed E-state index contributed by atoms with van der Waals surface area (Å²) in [5.74, 6) is 0.701. The third-order valence-corrected chi connectivity index (χ3v) is 12.8. The molecule has 6 N–H and O–H groups in total. The third-order valence-electron chi connectivity index (χ3n) is 11.3. The van der Waals surface area contributed by atoms with Crippen LogP contribution in [0.3, 0.4) is 0 Å². The number of carbonyl (C=O) groups excluding carboxylic acids is 4. The number of likely N-dealkylation sites (tertiary alicyclic amines) is 1. The molecule has 1 aromatic carbocycles. The molecule has 0 bridgehead atoms. The number of fused-ring (bicyclic) bond motifs is 1. The average Bonchev–Trinajstić information content (AvgIpc) is 3.90. The van der Waals surface area contributed by atoms with Crippen LogP contribution < -0.4 is 41.4 Å². The number of carbonyl (C=O) groups is 4. The summed E-state index contributed by atoms with van der Waals surface area (Å²) in [7, 11) is 0. The lowest BCUT2D eigenvalue weighted by Gasteiger charge is -2.32. The number of nitrogens with one attached hydrogen (secondary N) is 6.